The maximum atomic E-state index is 10.00. The molecule has 5 heteroatoms. The van der Waals surface area contributed by atoms with E-state index in [9.17, 15) is 4.79 Å². The molecule has 0 unspecified atom stereocenters. The minimum Gasteiger partial charge on any atom is -0.480 e. The molecule has 4 nitrogen and oxygen atoms in total. The van der Waals surface area contributed by atoms with Gasteiger partial charge in [0.25, 0.3) is 0 Å². The zero-order valence-corrected chi connectivity index (χ0v) is 6.30. The molecule has 0 aromatic rings. The monoisotopic (exact) mass is 169 g/mol. The van der Waals surface area contributed by atoms with Gasteiger partial charge in [0.2, 0.25) is 0 Å². The minimum atomic E-state index is -1.01. The Bertz CT molecular complexity index is 98.9. The van der Waals surface area contributed by atoms with Crippen LogP contribution < -0.4 is 5.73 Å². The average molecular weight is 170 g/mol. The molecular formula is C5H12ClNO3. The maximum absolute atomic E-state index is 10.00. The van der Waals surface area contributed by atoms with Crippen LogP contribution in [0.3, 0.4) is 0 Å². The summed E-state index contributed by atoms with van der Waals surface area (Å²) in [4.78, 5) is 10.00. The second-order valence-electron chi connectivity index (χ2n) is 1.81. The number of hydrogen-bond acceptors (Lipinski definition) is 3. The Hall–Kier alpha value is -0.320. The summed E-state index contributed by atoms with van der Waals surface area (Å²) in [5.41, 5.74) is 5.09. The first kappa shape index (κ1) is 12.4. The summed E-state index contributed by atoms with van der Waals surface area (Å²) in [5, 5.41) is 16.5. The van der Waals surface area contributed by atoms with Gasteiger partial charge in [0, 0.05) is 6.61 Å². The lowest BCUT2D eigenvalue weighted by Gasteiger charge is -2.02. The van der Waals surface area contributed by atoms with Crippen molar-refractivity contribution in [2.45, 2.75) is 18.9 Å². The molecule has 0 spiro atoms. The molecule has 4 N–H and O–H groups in total. The maximum Gasteiger partial charge on any atom is 0.320 e. The van der Waals surface area contributed by atoms with Crippen LogP contribution in [-0.4, -0.2) is 28.8 Å². The van der Waals surface area contributed by atoms with Gasteiger partial charge in [0.15, 0.2) is 0 Å². The molecular weight excluding hydrogens is 158 g/mol. The lowest BCUT2D eigenvalue weighted by molar-refractivity contribution is -0.138. The Balaban J connectivity index is 0. The summed E-state index contributed by atoms with van der Waals surface area (Å²) in [6, 6.07) is -0.822. The Kier molecular flexibility index (Phi) is 8.40. The van der Waals surface area contributed by atoms with Crippen LogP contribution in [0.15, 0.2) is 0 Å². The number of aliphatic carboxylic acids is 1. The summed E-state index contributed by atoms with van der Waals surface area (Å²) in [6.07, 6.45) is 0.791. The molecule has 0 aliphatic rings. The van der Waals surface area contributed by atoms with Gasteiger partial charge in [-0.1, -0.05) is 0 Å². The number of aliphatic hydroxyl groups is 1. The highest BCUT2D eigenvalue weighted by atomic mass is 35.5. The fourth-order valence-electron chi connectivity index (χ4n) is 0.435. The molecule has 0 aliphatic carbocycles. The number of carboxylic acid groups (broad SMARTS) is 1. The number of halogens is 1. The van der Waals surface area contributed by atoms with Gasteiger partial charge in [-0.05, 0) is 12.8 Å². The van der Waals surface area contributed by atoms with Crippen molar-refractivity contribution >= 4 is 18.4 Å². The van der Waals surface area contributed by atoms with Crippen LogP contribution in [0, 0.1) is 0 Å². The standard InChI is InChI=1S/C5H11NO3.ClH/c6-4(5(8)9)2-1-3-7;/h4,7H,1-3,6H2,(H,8,9);1H/t4-;/m0./s1. The quantitative estimate of drug-likeness (QED) is 0.535. The third-order valence-electron chi connectivity index (χ3n) is 0.990. The van der Waals surface area contributed by atoms with Crippen molar-refractivity contribution in [1.82, 2.24) is 0 Å². The van der Waals surface area contributed by atoms with Gasteiger partial charge in [0.1, 0.15) is 6.04 Å². The second kappa shape index (κ2) is 6.80. The van der Waals surface area contributed by atoms with Crippen LogP contribution in [0.25, 0.3) is 0 Å². The van der Waals surface area contributed by atoms with Crippen LogP contribution in [0.5, 0.6) is 0 Å². The summed E-state index contributed by atoms with van der Waals surface area (Å²) in [5.74, 6) is -1.01. The average Bonchev–Trinajstić information content (AvgIpc) is 1.82. The SMILES string of the molecule is Cl.N[C@@H](CCCO)C(=O)O. The number of aliphatic hydroxyl groups excluding tert-OH is 1. The predicted molar refractivity (Wildman–Crippen MR) is 39.2 cm³/mol. The molecule has 0 aromatic heterocycles. The first-order valence-corrected chi connectivity index (χ1v) is 2.77. The van der Waals surface area contributed by atoms with Gasteiger partial charge < -0.3 is 15.9 Å². The van der Waals surface area contributed by atoms with E-state index in [-0.39, 0.29) is 19.0 Å². The van der Waals surface area contributed by atoms with Crippen LogP contribution in [0.4, 0.5) is 0 Å². The molecule has 0 radical (unpaired) electrons. The first-order valence-electron chi connectivity index (χ1n) is 2.77. The van der Waals surface area contributed by atoms with E-state index in [1.54, 1.807) is 0 Å². The van der Waals surface area contributed by atoms with Gasteiger partial charge in [0.05, 0.1) is 0 Å². The van der Waals surface area contributed by atoms with Crippen LogP contribution in [0.1, 0.15) is 12.8 Å². The van der Waals surface area contributed by atoms with E-state index in [1.807, 2.05) is 0 Å². The molecule has 0 rings (SSSR count). The van der Waals surface area contributed by atoms with Crippen molar-refractivity contribution in [3.05, 3.63) is 0 Å². The van der Waals surface area contributed by atoms with Crippen molar-refractivity contribution in [3.63, 3.8) is 0 Å². The molecule has 0 saturated heterocycles. The van der Waals surface area contributed by atoms with Gasteiger partial charge >= 0.3 is 5.97 Å². The van der Waals surface area contributed by atoms with Crippen molar-refractivity contribution in [2.24, 2.45) is 5.73 Å². The molecule has 0 amide bonds. The normalized spacial score (nSPS) is 11.8. The van der Waals surface area contributed by atoms with E-state index in [0.29, 0.717) is 12.8 Å². The zero-order chi connectivity index (χ0) is 7.28. The third-order valence-corrected chi connectivity index (χ3v) is 0.990. The number of hydrogen-bond donors (Lipinski definition) is 3. The van der Waals surface area contributed by atoms with Crippen LogP contribution >= 0.6 is 12.4 Å². The van der Waals surface area contributed by atoms with Gasteiger partial charge in [-0.3, -0.25) is 4.79 Å². The third kappa shape index (κ3) is 5.81. The highest BCUT2D eigenvalue weighted by Gasteiger charge is 2.08. The van der Waals surface area contributed by atoms with Crippen LogP contribution in [-0.2, 0) is 4.79 Å². The van der Waals surface area contributed by atoms with Gasteiger partial charge in [-0.15, -0.1) is 12.4 Å². The van der Waals surface area contributed by atoms with E-state index in [0.717, 1.165) is 0 Å². The summed E-state index contributed by atoms with van der Waals surface area (Å²) < 4.78 is 0. The number of nitrogens with two attached hydrogens (primary N) is 1. The topological polar surface area (TPSA) is 83.5 Å². The molecule has 0 heterocycles. The fourth-order valence-corrected chi connectivity index (χ4v) is 0.435. The highest BCUT2D eigenvalue weighted by Crippen LogP contribution is 1.91. The molecule has 0 fully saturated rings. The predicted octanol–water partition coefficient (Wildman–Crippen LogP) is -0.407. The van der Waals surface area contributed by atoms with Crippen molar-refractivity contribution < 1.29 is 15.0 Å². The summed E-state index contributed by atoms with van der Waals surface area (Å²) in [7, 11) is 0. The largest absolute Gasteiger partial charge is 0.480 e. The van der Waals surface area contributed by atoms with Crippen molar-refractivity contribution in [1.29, 1.82) is 0 Å². The lowest BCUT2D eigenvalue weighted by Crippen LogP contribution is -2.29. The molecule has 0 aliphatic heterocycles. The molecule has 0 bridgehead atoms. The zero-order valence-electron chi connectivity index (χ0n) is 5.49. The Morgan fingerprint density at radius 2 is 2.10 bits per heavy atom. The van der Waals surface area contributed by atoms with Gasteiger partial charge in [-0.25, -0.2) is 0 Å². The Morgan fingerprint density at radius 3 is 2.40 bits per heavy atom. The Morgan fingerprint density at radius 1 is 1.60 bits per heavy atom. The van der Waals surface area contributed by atoms with Crippen molar-refractivity contribution in [3.8, 4) is 0 Å². The number of carbonyl (C=O) groups is 1. The molecule has 10 heavy (non-hydrogen) atoms. The Labute approximate surface area is 65.4 Å². The summed E-state index contributed by atoms with van der Waals surface area (Å²) in [6.45, 7) is 0.000972. The van der Waals surface area contributed by atoms with Crippen LogP contribution in [0.2, 0.25) is 0 Å². The van der Waals surface area contributed by atoms with Crippen molar-refractivity contribution in [2.75, 3.05) is 6.61 Å². The molecule has 0 aromatic carbocycles. The highest BCUT2D eigenvalue weighted by molar-refractivity contribution is 5.85. The fraction of sp³-hybridized carbons (Fsp3) is 0.800. The molecule has 1 atom stereocenters. The smallest absolute Gasteiger partial charge is 0.320 e. The van der Waals surface area contributed by atoms with E-state index < -0.39 is 12.0 Å². The number of rotatable bonds is 4. The number of carboxylic acids is 1. The second-order valence-corrected chi connectivity index (χ2v) is 1.81. The van der Waals surface area contributed by atoms with E-state index >= 15 is 0 Å². The van der Waals surface area contributed by atoms with E-state index in [2.05, 4.69) is 0 Å². The lowest BCUT2D eigenvalue weighted by atomic mass is 10.2. The first-order chi connectivity index (χ1) is 4.18. The van der Waals surface area contributed by atoms with Gasteiger partial charge in [-0.2, -0.15) is 0 Å². The molecule has 0 saturated carbocycles. The van der Waals surface area contributed by atoms with E-state index in [1.165, 1.54) is 0 Å². The minimum absolute atomic E-state index is 0. The summed E-state index contributed by atoms with van der Waals surface area (Å²) >= 11 is 0. The molecule has 62 valence electrons. The van der Waals surface area contributed by atoms with E-state index in [4.69, 9.17) is 15.9 Å².